The normalized spacial score (nSPS) is 9.86. The van der Waals surface area contributed by atoms with Crippen molar-refractivity contribution >= 4 is 29.0 Å². The summed E-state index contributed by atoms with van der Waals surface area (Å²) in [5, 5.41) is 11.8. The van der Waals surface area contributed by atoms with Gasteiger partial charge in [0.15, 0.2) is 18.2 Å². The molecule has 0 aliphatic rings. The summed E-state index contributed by atoms with van der Waals surface area (Å²) in [6, 6.07) is 10.0. The molecule has 0 atom stereocenters. The van der Waals surface area contributed by atoms with E-state index in [1.807, 2.05) is 6.07 Å². The van der Waals surface area contributed by atoms with Crippen LogP contribution in [0.3, 0.4) is 0 Å². The summed E-state index contributed by atoms with van der Waals surface area (Å²) in [5.74, 6) is -0.319. The van der Waals surface area contributed by atoms with Gasteiger partial charge in [-0.25, -0.2) is 0 Å². The number of nitrogens with zero attached hydrogens (tertiary/aromatic N) is 2. The molecule has 0 saturated carbocycles. The van der Waals surface area contributed by atoms with E-state index in [-0.39, 0.29) is 23.3 Å². The molecule has 0 unspecified atom stereocenters. The van der Waals surface area contributed by atoms with Gasteiger partial charge in [-0.3, -0.25) is 9.59 Å². The Morgan fingerprint density at radius 1 is 1.36 bits per heavy atom. The molecular formula is C16H13ClN3O2+. The molecule has 0 radical (unpaired) electrons. The number of aromatic nitrogens is 1. The zero-order valence-corrected chi connectivity index (χ0v) is 12.6. The Hall–Kier alpha value is -2.71. The summed E-state index contributed by atoms with van der Waals surface area (Å²) >= 11 is 5.91. The second kappa shape index (κ2) is 6.83. The van der Waals surface area contributed by atoms with Gasteiger partial charge in [0.05, 0.1) is 16.1 Å². The SMILES string of the molecule is CC(=O)c1ccc[n+](CC(=O)Nc2ccc(C#N)c(Cl)c2)c1. The van der Waals surface area contributed by atoms with E-state index < -0.39 is 0 Å². The van der Waals surface area contributed by atoms with Crippen LogP contribution in [-0.2, 0) is 11.3 Å². The van der Waals surface area contributed by atoms with E-state index in [4.69, 9.17) is 16.9 Å². The van der Waals surface area contributed by atoms with Crippen molar-refractivity contribution in [1.29, 1.82) is 5.26 Å². The molecule has 0 fully saturated rings. The third-order valence-electron chi connectivity index (χ3n) is 2.96. The Bertz CT molecular complexity index is 781. The first-order valence-corrected chi connectivity index (χ1v) is 6.87. The molecule has 6 heteroatoms. The standard InChI is InChI=1S/C16H12ClN3O2/c1-11(21)13-3-2-6-20(9-13)10-16(22)19-14-5-4-12(8-18)15(17)7-14/h2-7,9H,10H2,1H3/p+1. The van der Waals surface area contributed by atoms with Gasteiger partial charge in [-0.1, -0.05) is 11.6 Å². The van der Waals surface area contributed by atoms with Gasteiger partial charge >= 0.3 is 0 Å². The first-order valence-electron chi connectivity index (χ1n) is 6.49. The minimum Gasteiger partial charge on any atom is -0.321 e. The van der Waals surface area contributed by atoms with Gasteiger partial charge in [0.25, 0.3) is 5.91 Å². The number of hydrogen-bond donors (Lipinski definition) is 1. The number of anilines is 1. The Labute approximate surface area is 132 Å². The molecule has 0 aliphatic carbocycles. The molecule has 0 spiro atoms. The first kappa shape index (κ1) is 15.7. The fourth-order valence-electron chi connectivity index (χ4n) is 1.88. The summed E-state index contributed by atoms with van der Waals surface area (Å²) in [6.45, 7) is 1.54. The largest absolute Gasteiger partial charge is 0.321 e. The number of rotatable bonds is 4. The van der Waals surface area contributed by atoms with E-state index in [0.717, 1.165) is 0 Å². The molecule has 0 bridgehead atoms. The number of ketones is 1. The number of halogens is 1. The third-order valence-corrected chi connectivity index (χ3v) is 3.28. The maximum atomic E-state index is 12.0. The quantitative estimate of drug-likeness (QED) is 0.695. The molecule has 2 aromatic rings. The molecule has 110 valence electrons. The average molecular weight is 315 g/mol. The van der Waals surface area contributed by atoms with Crippen molar-refractivity contribution in [3.8, 4) is 6.07 Å². The first-order chi connectivity index (χ1) is 10.5. The molecule has 1 aromatic heterocycles. The predicted molar refractivity (Wildman–Crippen MR) is 81.4 cm³/mol. The van der Waals surface area contributed by atoms with E-state index in [2.05, 4.69) is 5.32 Å². The molecule has 2 rings (SSSR count). The van der Waals surface area contributed by atoms with Crippen molar-refractivity contribution in [2.75, 3.05) is 5.32 Å². The Morgan fingerprint density at radius 2 is 2.14 bits per heavy atom. The van der Waals surface area contributed by atoms with Crippen LogP contribution in [0.5, 0.6) is 0 Å². The molecule has 5 nitrogen and oxygen atoms in total. The average Bonchev–Trinajstić information content (AvgIpc) is 2.47. The van der Waals surface area contributed by atoms with Crippen molar-refractivity contribution in [1.82, 2.24) is 0 Å². The summed E-state index contributed by atoms with van der Waals surface area (Å²) in [6.07, 6.45) is 3.32. The van der Waals surface area contributed by atoms with Crippen LogP contribution in [-0.4, -0.2) is 11.7 Å². The van der Waals surface area contributed by atoms with Crippen LogP contribution in [0, 0.1) is 11.3 Å². The monoisotopic (exact) mass is 314 g/mol. The van der Waals surface area contributed by atoms with Gasteiger partial charge < -0.3 is 5.32 Å². The van der Waals surface area contributed by atoms with Crippen LogP contribution in [0.1, 0.15) is 22.8 Å². The van der Waals surface area contributed by atoms with Crippen LogP contribution in [0.25, 0.3) is 0 Å². The summed E-state index contributed by atoms with van der Waals surface area (Å²) in [5.41, 5.74) is 1.40. The number of carbonyl (C=O) groups excluding carboxylic acids is 2. The van der Waals surface area contributed by atoms with E-state index in [9.17, 15) is 9.59 Å². The van der Waals surface area contributed by atoms with Crippen molar-refractivity contribution in [2.24, 2.45) is 0 Å². The number of nitriles is 1. The van der Waals surface area contributed by atoms with Crippen LogP contribution in [0.4, 0.5) is 5.69 Å². The number of Topliss-reactive ketones (excluding diaryl/α,β-unsaturated/α-hetero) is 1. The maximum Gasteiger partial charge on any atom is 0.290 e. The van der Waals surface area contributed by atoms with Crippen molar-refractivity contribution in [3.63, 3.8) is 0 Å². The maximum absolute atomic E-state index is 12.0. The minimum absolute atomic E-state index is 0.0615. The third kappa shape index (κ3) is 3.90. The van der Waals surface area contributed by atoms with Crippen LogP contribution in [0.2, 0.25) is 5.02 Å². The lowest BCUT2D eigenvalue weighted by Gasteiger charge is -2.04. The zero-order valence-electron chi connectivity index (χ0n) is 11.8. The van der Waals surface area contributed by atoms with Crippen molar-refractivity contribution in [3.05, 3.63) is 58.9 Å². The van der Waals surface area contributed by atoms with Gasteiger partial charge in [0.2, 0.25) is 6.54 Å². The molecule has 0 saturated heterocycles. The molecule has 1 N–H and O–H groups in total. The van der Waals surface area contributed by atoms with E-state index in [1.54, 1.807) is 41.2 Å². The number of amides is 1. The Morgan fingerprint density at radius 3 is 2.77 bits per heavy atom. The van der Waals surface area contributed by atoms with Gasteiger partial charge in [0, 0.05) is 11.8 Å². The Balaban J connectivity index is 2.07. The fraction of sp³-hybridized carbons (Fsp3) is 0.125. The number of nitrogens with one attached hydrogen (secondary N) is 1. The summed E-state index contributed by atoms with van der Waals surface area (Å²) in [4.78, 5) is 23.3. The molecule has 1 aromatic carbocycles. The molecule has 22 heavy (non-hydrogen) atoms. The molecule has 0 aliphatic heterocycles. The van der Waals surface area contributed by atoms with Crippen molar-refractivity contribution < 1.29 is 14.2 Å². The highest BCUT2D eigenvalue weighted by molar-refractivity contribution is 6.32. The second-order valence-corrected chi connectivity index (χ2v) is 5.08. The minimum atomic E-state index is -0.258. The molecule has 1 heterocycles. The number of carbonyl (C=O) groups is 2. The number of hydrogen-bond acceptors (Lipinski definition) is 3. The smallest absolute Gasteiger partial charge is 0.290 e. The number of benzene rings is 1. The zero-order chi connectivity index (χ0) is 16.1. The van der Waals surface area contributed by atoms with Gasteiger partial charge in [0.1, 0.15) is 6.07 Å². The topological polar surface area (TPSA) is 73.8 Å². The predicted octanol–water partition coefficient (Wildman–Crippen LogP) is 2.34. The molecular weight excluding hydrogens is 302 g/mol. The highest BCUT2D eigenvalue weighted by atomic mass is 35.5. The fourth-order valence-corrected chi connectivity index (χ4v) is 2.10. The second-order valence-electron chi connectivity index (χ2n) is 4.68. The van der Waals surface area contributed by atoms with Gasteiger partial charge in [-0.15, -0.1) is 0 Å². The van der Waals surface area contributed by atoms with E-state index in [1.165, 1.54) is 13.0 Å². The summed E-state index contributed by atoms with van der Waals surface area (Å²) in [7, 11) is 0. The van der Waals surface area contributed by atoms with Gasteiger partial charge in [-0.05, 0) is 31.2 Å². The van der Waals surface area contributed by atoms with Crippen LogP contribution in [0.15, 0.2) is 42.7 Å². The van der Waals surface area contributed by atoms with Gasteiger partial charge in [-0.2, -0.15) is 9.83 Å². The Kier molecular flexibility index (Phi) is 4.87. The highest BCUT2D eigenvalue weighted by Gasteiger charge is 2.12. The van der Waals surface area contributed by atoms with Crippen LogP contribution >= 0.6 is 11.6 Å². The van der Waals surface area contributed by atoms with Crippen LogP contribution < -0.4 is 9.88 Å². The van der Waals surface area contributed by atoms with E-state index >= 15 is 0 Å². The van der Waals surface area contributed by atoms with Crippen molar-refractivity contribution in [2.45, 2.75) is 13.5 Å². The lowest BCUT2D eigenvalue weighted by molar-refractivity contribution is -0.684. The lowest BCUT2D eigenvalue weighted by atomic mass is 10.2. The number of pyridine rings is 1. The molecule has 1 amide bonds. The lowest BCUT2D eigenvalue weighted by Crippen LogP contribution is -2.40. The highest BCUT2D eigenvalue weighted by Crippen LogP contribution is 2.20. The van der Waals surface area contributed by atoms with E-state index in [0.29, 0.717) is 16.8 Å². The summed E-state index contributed by atoms with van der Waals surface area (Å²) < 4.78 is 1.62.